The molecule has 18 heavy (non-hydrogen) atoms. The van der Waals surface area contributed by atoms with Crippen LogP contribution in [0.15, 0.2) is 0 Å². The van der Waals surface area contributed by atoms with Crippen molar-refractivity contribution in [3.8, 4) is 0 Å². The molecule has 0 heterocycles. The van der Waals surface area contributed by atoms with Crippen LogP contribution in [-0.4, -0.2) is 18.4 Å². The first-order valence-corrected chi connectivity index (χ1v) is 8.04. The molecule has 0 aromatic rings. The van der Waals surface area contributed by atoms with Gasteiger partial charge in [-0.3, -0.25) is 0 Å². The fraction of sp³-hybridized carbons (Fsp3) is 1.00. The lowest BCUT2D eigenvalue weighted by Gasteiger charge is -2.37. The van der Waals surface area contributed by atoms with Gasteiger partial charge < -0.3 is 4.74 Å². The Morgan fingerprint density at radius 3 is 1.72 bits per heavy atom. The molecule has 112 valence electrons. The third kappa shape index (κ3) is 8.12. The molecule has 0 fully saturated rings. The van der Waals surface area contributed by atoms with E-state index in [1.165, 1.54) is 57.8 Å². The molecule has 0 aromatic carbocycles. The van der Waals surface area contributed by atoms with Crippen LogP contribution in [-0.2, 0) is 4.74 Å². The van der Waals surface area contributed by atoms with Gasteiger partial charge in [0.2, 0.25) is 0 Å². The van der Waals surface area contributed by atoms with Gasteiger partial charge in [-0.2, -0.15) is 0 Å². The van der Waals surface area contributed by atoms with Crippen LogP contribution in [0.5, 0.6) is 0 Å². The van der Waals surface area contributed by atoms with E-state index in [9.17, 15) is 0 Å². The summed E-state index contributed by atoms with van der Waals surface area (Å²) in [7, 11) is 5.03. The summed E-state index contributed by atoms with van der Waals surface area (Å²) in [4.78, 5) is 0. The van der Waals surface area contributed by atoms with Crippen molar-refractivity contribution in [3.63, 3.8) is 0 Å². The highest BCUT2D eigenvalue weighted by atomic mass is 79.9. The number of hydrogen-bond acceptors (Lipinski definition) is 1. The van der Waals surface area contributed by atoms with E-state index in [0.717, 1.165) is 0 Å². The van der Waals surface area contributed by atoms with Gasteiger partial charge in [0.15, 0.2) is 0 Å². The van der Waals surface area contributed by atoms with Crippen molar-refractivity contribution >= 4 is 26.2 Å². The van der Waals surface area contributed by atoms with Crippen molar-refractivity contribution in [2.45, 2.75) is 89.8 Å². The zero-order valence-electron chi connectivity index (χ0n) is 12.8. The SMILES string of the molecule is Br.CCCCC(OC)C(P)(CCCC)CCCC. The fourth-order valence-corrected chi connectivity index (χ4v) is 3.20. The number of halogens is 1. The molecule has 0 saturated carbocycles. The van der Waals surface area contributed by atoms with Crippen LogP contribution in [0.2, 0.25) is 0 Å². The standard InChI is InChI=1S/C15H33OP.BrH/c1-5-8-11-14(16-4)15(17,12-9-6-2)13-10-7-3;/h14H,5-13,17H2,1-4H3;1H. The maximum absolute atomic E-state index is 5.79. The minimum absolute atomic E-state index is 0. The third-order valence-electron chi connectivity index (χ3n) is 3.74. The molecule has 0 radical (unpaired) electrons. The van der Waals surface area contributed by atoms with Gasteiger partial charge in [0, 0.05) is 12.3 Å². The summed E-state index contributed by atoms with van der Waals surface area (Å²) in [5.74, 6) is 0. The van der Waals surface area contributed by atoms with Gasteiger partial charge >= 0.3 is 0 Å². The van der Waals surface area contributed by atoms with Gasteiger partial charge in [-0.05, 0) is 19.3 Å². The molecule has 0 bridgehead atoms. The lowest BCUT2D eigenvalue weighted by Crippen LogP contribution is -2.38. The predicted molar refractivity (Wildman–Crippen MR) is 92.1 cm³/mol. The van der Waals surface area contributed by atoms with Gasteiger partial charge in [-0.1, -0.05) is 59.3 Å². The molecule has 2 unspecified atom stereocenters. The van der Waals surface area contributed by atoms with E-state index in [2.05, 4.69) is 30.0 Å². The first-order chi connectivity index (χ1) is 8.14. The van der Waals surface area contributed by atoms with Crippen molar-refractivity contribution in [1.29, 1.82) is 0 Å². The van der Waals surface area contributed by atoms with Crippen LogP contribution >= 0.6 is 26.2 Å². The number of ether oxygens (including phenoxy) is 1. The monoisotopic (exact) mass is 340 g/mol. The highest BCUT2D eigenvalue weighted by Gasteiger charge is 2.32. The Morgan fingerprint density at radius 2 is 1.39 bits per heavy atom. The quantitative estimate of drug-likeness (QED) is 0.434. The molecule has 1 nitrogen and oxygen atoms in total. The van der Waals surface area contributed by atoms with Crippen LogP contribution in [0, 0.1) is 0 Å². The summed E-state index contributed by atoms with van der Waals surface area (Å²) in [5, 5.41) is 0.315. The number of rotatable bonds is 11. The van der Waals surface area contributed by atoms with E-state index < -0.39 is 0 Å². The van der Waals surface area contributed by atoms with Crippen LogP contribution in [0.1, 0.15) is 78.6 Å². The molecule has 2 atom stereocenters. The second-order valence-electron chi connectivity index (χ2n) is 5.31. The smallest absolute Gasteiger partial charge is 0.0661 e. The summed E-state index contributed by atoms with van der Waals surface area (Å²) < 4.78 is 5.79. The Hall–Kier alpha value is 0.870. The summed E-state index contributed by atoms with van der Waals surface area (Å²) in [6, 6.07) is 0. The topological polar surface area (TPSA) is 9.23 Å². The summed E-state index contributed by atoms with van der Waals surface area (Å²) >= 11 is 0. The molecule has 0 saturated heterocycles. The zero-order valence-corrected chi connectivity index (χ0v) is 15.7. The maximum Gasteiger partial charge on any atom is 0.0661 e. The number of hydrogen-bond donors (Lipinski definition) is 0. The van der Waals surface area contributed by atoms with Crippen LogP contribution in [0.4, 0.5) is 0 Å². The van der Waals surface area contributed by atoms with E-state index in [0.29, 0.717) is 11.3 Å². The van der Waals surface area contributed by atoms with Crippen molar-refractivity contribution in [3.05, 3.63) is 0 Å². The highest BCUT2D eigenvalue weighted by Crippen LogP contribution is 2.38. The molecule has 0 aromatic heterocycles. The van der Waals surface area contributed by atoms with Crippen LogP contribution in [0.3, 0.4) is 0 Å². The minimum Gasteiger partial charge on any atom is -0.381 e. The third-order valence-corrected chi connectivity index (χ3v) is 4.69. The van der Waals surface area contributed by atoms with Gasteiger partial charge in [0.1, 0.15) is 0 Å². The number of methoxy groups -OCH3 is 1. The fourth-order valence-electron chi connectivity index (χ4n) is 2.49. The number of unbranched alkanes of at least 4 members (excludes halogenated alkanes) is 3. The molecule has 0 aliphatic carbocycles. The van der Waals surface area contributed by atoms with E-state index >= 15 is 0 Å². The van der Waals surface area contributed by atoms with Crippen molar-refractivity contribution < 1.29 is 4.74 Å². The van der Waals surface area contributed by atoms with Crippen molar-refractivity contribution in [2.24, 2.45) is 0 Å². The molecule has 0 aliphatic rings. The average Bonchev–Trinajstić information content (AvgIpc) is 2.35. The Bertz CT molecular complexity index is 168. The van der Waals surface area contributed by atoms with E-state index in [4.69, 9.17) is 4.74 Å². The maximum atomic E-state index is 5.79. The molecule has 0 spiro atoms. The largest absolute Gasteiger partial charge is 0.381 e. The zero-order chi connectivity index (χ0) is 13.1. The Kier molecular flexibility index (Phi) is 15.2. The van der Waals surface area contributed by atoms with Gasteiger partial charge in [0.05, 0.1) is 6.10 Å². The average molecular weight is 341 g/mol. The summed E-state index contributed by atoms with van der Waals surface area (Å²) in [6.45, 7) is 6.81. The normalized spacial score (nSPS) is 13.2. The lowest BCUT2D eigenvalue weighted by molar-refractivity contribution is 0.0507. The van der Waals surface area contributed by atoms with Gasteiger partial charge in [-0.15, -0.1) is 26.2 Å². The van der Waals surface area contributed by atoms with E-state index in [1.807, 2.05) is 7.11 Å². The van der Waals surface area contributed by atoms with E-state index in [-0.39, 0.29) is 17.0 Å². The Balaban J connectivity index is 0. The molecule has 0 rings (SSSR count). The summed E-state index contributed by atoms with van der Waals surface area (Å²) in [5.41, 5.74) is 0. The molecular formula is C15H34BrOP. The molecular weight excluding hydrogens is 307 g/mol. The van der Waals surface area contributed by atoms with E-state index in [1.54, 1.807) is 0 Å². The molecule has 0 N–H and O–H groups in total. The lowest BCUT2D eigenvalue weighted by atomic mass is 9.87. The highest BCUT2D eigenvalue weighted by molar-refractivity contribution is 8.93. The van der Waals surface area contributed by atoms with Crippen LogP contribution < -0.4 is 0 Å². The molecule has 3 heteroatoms. The first kappa shape index (κ1) is 21.2. The van der Waals surface area contributed by atoms with Crippen LogP contribution in [0.25, 0.3) is 0 Å². The summed E-state index contributed by atoms with van der Waals surface area (Å²) in [6.07, 6.45) is 12.0. The first-order valence-electron chi connectivity index (χ1n) is 7.46. The second kappa shape index (κ2) is 12.9. The van der Waals surface area contributed by atoms with Gasteiger partial charge in [-0.25, -0.2) is 0 Å². The molecule has 0 aliphatic heterocycles. The minimum atomic E-state index is 0. The Morgan fingerprint density at radius 1 is 0.944 bits per heavy atom. The second-order valence-corrected chi connectivity index (χ2v) is 6.46. The molecule has 0 amide bonds. The van der Waals surface area contributed by atoms with Crippen molar-refractivity contribution in [2.75, 3.05) is 7.11 Å². The van der Waals surface area contributed by atoms with Gasteiger partial charge in [0.25, 0.3) is 0 Å². The Labute approximate surface area is 128 Å². The predicted octanol–water partition coefficient (Wildman–Crippen LogP) is 5.76. The van der Waals surface area contributed by atoms with Crippen molar-refractivity contribution in [1.82, 2.24) is 0 Å².